The molecule has 0 heterocycles. The van der Waals surface area contributed by atoms with Crippen molar-refractivity contribution in [2.75, 3.05) is 13.7 Å². The van der Waals surface area contributed by atoms with Crippen LogP contribution < -0.4 is 5.32 Å². The first kappa shape index (κ1) is 14.5. The third kappa shape index (κ3) is 3.54. The molecule has 1 N–H and O–H groups in total. The van der Waals surface area contributed by atoms with Crippen molar-refractivity contribution in [3.05, 3.63) is 35.1 Å². The highest BCUT2D eigenvalue weighted by Gasteiger charge is 2.31. The summed E-state index contributed by atoms with van der Waals surface area (Å²) >= 11 is 0. The van der Waals surface area contributed by atoms with Gasteiger partial charge in [-0.15, -0.1) is 0 Å². The van der Waals surface area contributed by atoms with Gasteiger partial charge in [0.2, 0.25) is 0 Å². The highest BCUT2D eigenvalue weighted by Crippen LogP contribution is 2.37. The molecule has 0 amide bonds. The highest BCUT2D eigenvalue weighted by molar-refractivity contribution is 5.29. The summed E-state index contributed by atoms with van der Waals surface area (Å²) in [6.07, 6.45) is 3.78. The first-order valence-electron chi connectivity index (χ1n) is 7.19. The zero-order chi connectivity index (χ0) is 13.8. The van der Waals surface area contributed by atoms with Crippen LogP contribution in [0.1, 0.15) is 43.4 Å². The van der Waals surface area contributed by atoms with Crippen molar-refractivity contribution in [2.24, 2.45) is 5.92 Å². The van der Waals surface area contributed by atoms with Gasteiger partial charge in [0.1, 0.15) is 5.82 Å². The second-order valence-electron chi connectivity index (χ2n) is 5.49. The molecule has 2 nitrogen and oxygen atoms in total. The SMILES string of the molecule is CCOC1CC(CC(NC)c2cc(F)ccc2C)C1. The van der Waals surface area contributed by atoms with Crippen molar-refractivity contribution >= 4 is 0 Å². The second kappa shape index (κ2) is 6.49. The van der Waals surface area contributed by atoms with E-state index in [2.05, 4.69) is 5.32 Å². The minimum absolute atomic E-state index is 0.151. The molecule has 3 heteroatoms. The Kier molecular flexibility index (Phi) is 4.94. The summed E-state index contributed by atoms with van der Waals surface area (Å²) in [6.45, 7) is 4.89. The minimum atomic E-state index is -0.151. The first-order valence-corrected chi connectivity index (χ1v) is 7.19. The van der Waals surface area contributed by atoms with Crippen molar-refractivity contribution in [2.45, 2.75) is 45.3 Å². The van der Waals surface area contributed by atoms with Crippen LogP contribution in [-0.4, -0.2) is 19.8 Å². The van der Waals surface area contributed by atoms with Gasteiger partial charge in [-0.05, 0) is 69.3 Å². The average molecular weight is 265 g/mol. The molecule has 0 radical (unpaired) electrons. The molecule has 1 aliphatic carbocycles. The molecule has 2 rings (SSSR count). The van der Waals surface area contributed by atoms with Gasteiger partial charge in [-0.1, -0.05) is 6.07 Å². The Bertz CT molecular complexity index is 415. The number of ether oxygens (including phenoxy) is 1. The average Bonchev–Trinajstić information content (AvgIpc) is 2.35. The molecule has 0 aliphatic heterocycles. The summed E-state index contributed by atoms with van der Waals surface area (Å²) in [6, 6.07) is 5.29. The molecule has 1 saturated carbocycles. The molecule has 1 aromatic rings. The number of benzene rings is 1. The van der Waals surface area contributed by atoms with Crippen LogP contribution >= 0.6 is 0 Å². The topological polar surface area (TPSA) is 21.3 Å². The molecule has 106 valence electrons. The van der Waals surface area contributed by atoms with Crippen LogP contribution in [0, 0.1) is 18.7 Å². The Morgan fingerprint density at radius 2 is 2.16 bits per heavy atom. The van der Waals surface area contributed by atoms with Gasteiger partial charge in [0.25, 0.3) is 0 Å². The van der Waals surface area contributed by atoms with Crippen molar-refractivity contribution < 1.29 is 9.13 Å². The van der Waals surface area contributed by atoms with Crippen LogP contribution in [0.4, 0.5) is 4.39 Å². The fourth-order valence-corrected chi connectivity index (χ4v) is 2.96. The van der Waals surface area contributed by atoms with Crippen LogP contribution in [0.5, 0.6) is 0 Å². The van der Waals surface area contributed by atoms with Gasteiger partial charge in [0.05, 0.1) is 6.10 Å². The third-order valence-corrected chi connectivity index (χ3v) is 4.13. The Morgan fingerprint density at radius 1 is 1.42 bits per heavy atom. The molecule has 1 unspecified atom stereocenters. The maximum atomic E-state index is 13.4. The molecule has 1 aromatic carbocycles. The fourth-order valence-electron chi connectivity index (χ4n) is 2.96. The van der Waals surface area contributed by atoms with Crippen LogP contribution in [-0.2, 0) is 4.74 Å². The van der Waals surface area contributed by atoms with E-state index in [-0.39, 0.29) is 11.9 Å². The minimum Gasteiger partial charge on any atom is -0.378 e. The lowest BCUT2D eigenvalue weighted by atomic mass is 9.77. The Morgan fingerprint density at radius 3 is 2.79 bits per heavy atom. The maximum absolute atomic E-state index is 13.4. The van der Waals surface area contributed by atoms with Gasteiger partial charge in [0, 0.05) is 12.6 Å². The predicted octanol–water partition coefficient (Wildman–Crippen LogP) is 3.60. The predicted molar refractivity (Wildman–Crippen MR) is 75.7 cm³/mol. The fraction of sp³-hybridized carbons (Fsp3) is 0.625. The lowest BCUT2D eigenvalue weighted by Crippen LogP contribution is -2.34. The summed E-state index contributed by atoms with van der Waals surface area (Å²) in [7, 11) is 1.95. The van der Waals surface area contributed by atoms with Crippen LogP contribution in [0.2, 0.25) is 0 Å². The Hall–Kier alpha value is -0.930. The van der Waals surface area contributed by atoms with Gasteiger partial charge in [-0.2, -0.15) is 0 Å². The lowest BCUT2D eigenvalue weighted by molar-refractivity contribution is -0.0289. The largest absolute Gasteiger partial charge is 0.378 e. The Balaban J connectivity index is 1.95. The van der Waals surface area contributed by atoms with Crippen molar-refractivity contribution in [3.63, 3.8) is 0 Å². The quantitative estimate of drug-likeness (QED) is 0.848. The van der Waals surface area contributed by atoms with Gasteiger partial charge >= 0.3 is 0 Å². The number of rotatable bonds is 6. The standard InChI is InChI=1S/C16H24FNO/c1-4-19-14-7-12(8-14)9-16(18-3)15-10-13(17)6-5-11(15)2/h5-6,10,12,14,16,18H,4,7-9H2,1-3H3. The zero-order valence-electron chi connectivity index (χ0n) is 12.1. The van der Waals surface area contributed by atoms with E-state index in [1.54, 1.807) is 6.07 Å². The maximum Gasteiger partial charge on any atom is 0.123 e. The van der Waals surface area contributed by atoms with E-state index in [0.717, 1.165) is 37.0 Å². The van der Waals surface area contributed by atoms with Crippen molar-refractivity contribution in [1.82, 2.24) is 5.32 Å². The number of hydrogen-bond acceptors (Lipinski definition) is 2. The number of halogens is 1. The van der Waals surface area contributed by atoms with E-state index in [0.29, 0.717) is 12.0 Å². The van der Waals surface area contributed by atoms with Crippen LogP contribution in [0.3, 0.4) is 0 Å². The number of aryl methyl sites for hydroxylation is 1. The molecular formula is C16H24FNO. The van der Waals surface area contributed by atoms with E-state index >= 15 is 0 Å². The summed E-state index contributed by atoms with van der Waals surface area (Å²) in [4.78, 5) is 0. The molecule has 1 atom stereocenters. The van der Waals surface area contributed by atoms with Gasteiger partial charge in [-0.25, -0.2) is 4.39 Å². The van der Waals surface area contributed by atoms with Gasteiger partial charge in [-0.3, -0.25) is 0 Å². The van der Waals surface area contributed by atoms with E-state index in [1.807, 2.05) is 27.0 Å². The zero-order valence-corrected chi connectivity index (χ0v) is 12.1. The Labute approximate surface area is 115 Å². The van der Waals surface area contributed by atoms with Crippen LogP contribution in [0.25, 0.3) is 0 Å². The summed E-state index contributed by atoms with van der Waals surface area (Å²) < 4.78 is 19.0. The molecule has 0 spiro atoms. The molecule has 19 heavy (non-hydrogen) atoms. The van der Waals surface area contributed by atoms with E-state index in [4.69, 9.17) is 4.74 Å². The molecule has 0 aromatic heterocycles. The monoisotopic (exact) mass is 265 g/mol. The van der Waals surface area contributed by atoms with Gasteiger partial charge in [0.15, 0.2) is 0 Å². The molecule has 1 fully saturated rings. The first-order chi connectivity index (χ1) is 9.13. The molecule has 1 aliphatic rings. The summed E-state index contributed by atoms with van der Waals surface area (Å²) in [5, 5.41) is 3.32. The lowest BCUT2D eigenvalue weighted by Gasteiger charge is -2.37. The number of hydrogen-bond donors (Lipinski definition) is 1. The van der Waals surface area contributed by atoms with Crippen LogP contribution in [0.15, 0.2) is 18.2 Å². The third-order valence-electron chi connectivity index (χ3n) is 4.13. The normalized spacial score (nSPS) is 24.0. The summed E-state index contributed by atoms with van der Waals surface area (Å²) in [5.74, 6) is 0.540. The van der Waals surface area contributed by atoms with Gasteiger partial charge < -0.3 is 10.1 Å². The second-order valence-corrected chi connectivity index (χ2v) is 5.49. The summed E-state index contributed by atoms with van der Waals surface area (Å²) in [5.41, 5.74) is 2.24. The molecule has 0 bridgehead atoms. The van der Waals surface area contributed by atoms with E-state index in [9.17, 15) is 4.39 Å². The van der Waals surface area contributed by atoms with E-state index < -0.39 is 0 Å². The number of nitrogens with one attached hydrogen (secondary N) is 1. The van der Waals surface area contributed by atoms with E-state index in [1.165, 1.54) is 6.07 Å². The molecule has 0 saturated heterocycles. The van der Waals surface area contributed by atoms with Crippen molar-refractivity contribution in [3.8, 4) is 0 Å². The smallest absolute Gasteiger partial charge is 0.123 e. The van der Waals surface area contributed by atoms with Crippen molar-refractivity contribution in [1.29, 1.82) is 0 Å². The highest BCUT2D eigenvalue weighted by atomic mass is 19.1. The molecular weight excluding hydrogens is 241 g/mol.